The second-order valence-corrected chi connectivity index (χ2v) is 5.19. The van der Waals surface area contributed by atoms with E-state index in [1.807, 2.05) is 0 Å². The van der Waals surface area contributed by atoms with E-state index >= 15 is 0 Å². The number of aliphatic carboxylic acids is 1. The standard InChI is InChI=1S/C16H20O10/c1-25-11-6-8(2-4-9(11)18)3-5-12(20)26-15(16(23)24)14(22)13(21)10(19)7-17/h2-6,10,13-15,17-19,21-22H,7H2,1H3,(H,23,24)/b5-3-/t10-,13-,14+,15-/m1/s1. The Morgan fingerprint density at radius 1 is 1.19 bits per heavy atom. The molecule has 1 aromatic carbocycles. The molecule has 0 spiro atoms. The molecule has 0 saturated carbocycles. The zero-order valence-corrected chi connectivity index (χ0v) is 13.7. The summed E-state index contributed by atoms with van der Waals surface area (Å²) in [6.45, 7) is -0.929. The predicted octanol–water partition coefficient (Wildman–Crippen LogP) is -1.51. The van der Waals surface area contributed by atoms with Gasteiger partial charge in [0.05, 0.1) is 13.7 Å². The second-order valence-electron chi connectivity index (χ2n) is 5.19. The van der Waals surface area contributed by atoms with Gasteiger partial charge in [0.25, 0.3) is 0 Å². The van der Waals surface area contributed by atoms with E-state index in [2.05, 4.69) is 4.74 Å². The van der Waals surface area contributed by atoms with Crippen molar-refractivity contribution in [3.8, 4) is 11.5 Å². The smallest absolute Gasteiger partial charge is 0.347 e. The Morgan fingerprint density at radius 2 is 1.85 bits per heavy atom. The van der Waals surface area contributed by atoms with Crippen LogP contribution in [0, 0.1) is 0 Å². The van der Waals surface area contributed by atoms with Crippen LogP contribution in [0.1, 0.15) is 5.56 Å². The number of carboxylic acid groups (broad SMARTS) is 1. The Bertz CT molecular complexity index is 656. The molecule has 0 aromatic heterocycles. The van der Waals surface area contributed by atoms with E-state index in [0.717, 1.165) is 6.08 Å². The first-order valence-corrected chi connectivity index (χ1v) is 7.34. The molecule has 6 N–H and O–H groups in total. The maximum absolute atomic E-state index is 11.8. The number of hydrogen-bond acceptors (Lipinski definition) is 9. The molecule has 0 aliphatic rings. The molecule has 1 aromatic rings. The summed E-state index contributed by atoms with van der Waals surface area (Å²) in [5, 5.41) is 55.7. The van der Waals surface area contributed by atoms with Crippen molar-refractivity contribution < 1.29 is 49.7 Å². The summed E-state index contributed by atoms with van der Waals surface area (Å²) in [5.41, 5.74) is 0.430. The Balaban J connectivity index is 2.83. The van der Waals surface area contributed by atoms with E-state index in [1.165, 1.54) is 31.4 Å². The third kappa shape index (κ3) is 5.70. The van der Waals surface area contributed by atoms with E-state index < -0.39 is 43.0 Å². The number of carbonyl (C=O) groups is 2. The lowest BCUT2D eigenvalue weighted by Gasteiger charge is -2.25. The SMILES string of the molecule is COc1cc(/C=C\C(=O)O[C@@H](C(=O)O)[C@@H](O)[C@H](O)[C@H](O)CO)ccc1O. The van der Waals surface area contributed by atoms with Crippen LogP contribution in [0.5, 0.6) is 11.5 Å². The maximum atomic E-state index is 11.8. The molecule has 0 bridgehead atoms. The highest BCUT2D eigenvalue weighted by atomic mass is 16.6. The summed E-state index contributed by atoms with van der Waals surface area (Å²) in [7, 11) is 1.34. The van der Waals surface area contributed by atoms with Crippen molar-refractivity contribution in [3.63, 3.8) is 0 Å². The van der Waals surface area contributed by atoms with Crippen molar-refractivity contribution in [3.05, 3.63) is 29.8 Å². The average Bonchev–Trinajstić information content (AvgIpc) is 2.63. The third-order valence-corrected chi connectivity index (χ3v) is 3.34. The number of carbonyl (C=O) groups excluding carboxylic acids is 1. The van der Waals surface area contributed by atoms with Crippen LogP contribution < -0.4 is 4.74 Å². The minimum Gasteiger partial charge on any atom is -0.504 e. The van der Waals surface area contributed by atoms with Gasteiger partial charge in [0.1, 0.15) is 18.3 Å². The normalized spacial score (nSPS) is 15.9. The van der Waals surface area contributed by atoms with Gasteiger partial charge in [-0.25, -0.2) is 9.59 Å². The molecule has 0 aliphatic carbocycles. The van der Waals surface area contributed by atoms with E-state index in [4.69, 9.17) is 14.9 Å². The number of phenolic OH excluding ortho intramolecular Hbond substituents is 1. The number of esters is 1. The molecule has 0 fully saturated rings. The van der Waals surface area contributed by atoms with Crippen LogP contribution in [0.3, 0.4) is 0 Å². The van der Waals surface area contributed by atoms with Crippen LogP contribution in [0.4, 0.5) is 0 Å². The van der Waals surface area contributed by atoms with Gasteiger partial charge in [0.15, 0.2) is 11.5 Å². The number of rotatable bonds is 9. The molecule has 1 rings (SSSR count). The monoisotopic (exact) mass is 372 g/mol. The molecule has 144 valence electrons. The van der Waals surface area contributed by atoms with Crippen LogP contribution in [0.25, 0.3) is 6.08 Å². The van der Waals surface area contributed by atoms with Gasteiger partial charge in [-0.15, -0.1) is 0 Å². The number of aliphatic hydroxyl groups excluding tert-OH is 4. The van der Waals surface area contributed by atoms with Crippen molar-refractivity contribution in [1.82, 2.24) is 0 Å². The highest BCUT2D eigenvalue weighted by molar-refractivity contribution is 5.89. The molecular weight excluding hydrogens is 352 g/mol. The van der Waals surface area contributed by atoms with Gasteiger partial charge < -0.3 is 40.1 Å². The van der Waals surface area contributed by atoms with Gasteiger partial charge in [0, 0.05) is 6.08 Å². The van der Waals surface area contributed by atoms with Gasteiger partial charge in [-0.2, -0.15) is 0 Å². The van der Waals surface area contributed by atoms with E-state index in [0.29, 0.717) is 5.56 Å². The van der Waals surface area contributed by atoms with Gasteiger partial charge in [-0.05, 0) is 23.8 Å². The summed E-state index contributed by atoms with van der Waals surface area (Å²) in [4.78, 5) is 22.9. The second kappa shape index (κ2) is 9.73. The number of benzene rings is 1. The zero-order chi connectivity index (χ0) is 19.9. The summed E-state index contributed by atoms with van der Waals surface area (Å²) in [6, 6.07) is 4.18. The van der Waals surface area contributed by atoms with E-state index in [9.17, 15) is 30.0 Å². The number of ether oxygens (including phenoxy) is 2. The molecular formula is C16H20O10. The van der Waals surface area contributed by atoms with Crippen LogP contribution >= 0.6 is 0 Å². The number of carboxylic acids is 1. The molecule has 0 heterocycles. The molecule has 4 atom stereocenters. The highest BCUT2D eigenvalue weighted by Gasteiger charge is 2.38. The Kier molecular flexibility index (Phi) is 8.00. The molecule has 10 heteroatoms. The molecule has 0 unspecified atom stereocenters. The molecule has 0 aliphatic heterocycles. The molecule has 0 amide bonds. The Morgan fingerprint density at radius 3 is 2.38 bits per heavy atom. The van der Waals surface area contributed by atoms with E-state index in [-0.39, 0.29) is 11.5 Å². The first-order chi connectivity index (χ1) is 12.2. The number of hydrogen-bond donors (Lipinski definition) is 6. The summed E-state index contributed by atoms with van der Waals surface area (Å²) >= 11 is 0. The highest BCUT2D eigenvalue weighted by Crippen LogP contribution is 2.26. The number of aliphatic hydroxyl groups is 4. The third-order valence-electron chi connectivity index (χ3n) is 3.34. The first-order valence-electron chi connectivity index (χ1n) is 7.34. The Hall–Kier alpha value is -2.66. The van der Waals surface area contributed by atoms with E-state index in [1.54, 1.807) is 0 Å². The van der Waals surface area contributed by atoms with Crippen LogP contribution in [-0.4, -0.2) is 80.7 Å². The van der Waals surface area contributed by atoms with Gasteiger partial charge >= 0.3 is 11.9 Å². The average molecular weight is 372 g/mol. The van der Waals surface area contributed by atoms with Gasteiger partial charge in [-0.1, -0.05) is 6.07 Å². The molecule has 10 nitrogen and oxygen atoms in total. The topological polar surface area (TPSA) is 174 Å². The quantitative estimate of drug-likeness (QED) is 0.221. The zero-order valence-electron chi connectivity index (χ0n) is 13.7. The summed E-state index contributed by atoms with van der Waals surface area (Å²) in [6.07, 6.45) is -6.08. The lowest BCUT2D eigenvalue weighted by atomic mass is 10.0. The van der Waals surface area contributed by atoms with Crippen molar-refractivity contribution in [2.75, 3.05) is 13.7 Å². The molecule has 0 saturated heterocycles. The fourth-order valence-electron chi connectivity index (χ4n) is 1.91. The van der Waals surface area contributed by atoms with Crippen molar-refractivity contribution in [1.29, 1.82) is 0 Å². The van der Waals surface area contributed by atoms with Gasteiger partial charge in [-0.3, -0.25) is 0 Å². The van der Waals surface area contributed by atoms with Crippen LogP contribution in [0.2, 0.25) is 0 Å². The van der Waals surface area contributed by atoms with Gasteiger partial charge in [0.2, 0.25) is 6.10 Å². The summed E-state index contributed by atoms with van der Waals surface area (Å²) in [5.74, 6) is -2.86. The lowest BCUT2D eigenvalue weighted by molar-refractivity contribution is -0.179. The number of phenols is 1. The lowest BCUT2D eigenvalue weighted by Crippen LogP contribution is -2.50. The van der Waals surface area contributed by atoms with Crippen molar-refractivity contribution in [2.45, 2.75) is 24.4 Å². The van der Waals surface area contributed by atoms with Crippen LogP contribution in [-0.2, 0) is 14.3 Å². The first kappa shape index (κ1) is 21.4. The predicted molar refractivity (Wildman–Crippen MR) is 86.3 cm³/mol. The Labute approximate surface area is 148 Å². The van der Waals surface area contributed by atoms with Crippen molar-refractivity contribution in [2.24, 2.45) is 0 Å². The number of methoxy groups -OCH3 is 1. The largest absolute Gasteiger partial charge is 0.504 e. The molecule has 0 radical (unpaired) electrons. The summed E-state index contributed by atoms with van der Waals surface area (Å²) < 4.78 is 9.48. The minimum atomic E-state index is -2.17. The number of aromatic hydroxyl groups is 1. The molecule has 26 heavy (non-hydrogen) atoms. The fraction of sp³-hybridized carbons (Fsp3) is 0.375. The fourth-order valence-corrected chi connectivity index (χ4v) is 1.91. The maximum Gasteiger partial charge on any atom is 0.347 e. The van der Waals surface area contributed by atoms with Crippen LogP contribution in [0.15, 0.2) is 24.3 Å². The minimum absolute atomic E-state index is 0.113. The van der Waals surface area contributed by atoms with Crippen molar-refractivity contribution >= 4 is 18.0 Å².